The number of amides is 4. The molecular formula is C33H53N7O6. The molecule has 2 saturated heterocycles. The van der Waals surface area contributed by atoms with Crippen LogP contribution in [0.15, 0.2) is 18.5 Å². The first-order valence-corrected chi connectivity index (χ1v) is 16.8. The topological polar surface area (TPSA) is 155 Å². The van der Waals surface area contributed by atoms with Gasteiger partial charge in [0.05, 0.1) is 55.8 Å². The zero-order valence-electron chi connectivity index (χ0n) is 28.2. The summed E-state index contributed by atoms with van der Waals surface area (Å²) < 4.78 is 11.8. The van der Waals surface area contributed by atoms with Crippen LogP contribution in [0.25, 0.3) is 0 Å². The van der Waals surface area contributed by atoms with Crippen molar-refractivity contribution < 1.29 is 28.7 Å². The van der Waals surface area contributed by atoms with Gasteiger partial charge in [0.1, 0.15) is 5.82 Å². The van der Waals surface area contributed by atoms with Crippen LogP contribution in [0, 0.1) is 17.8 Å². The van der Waals surface area contributed by atoms with Gasteiger partial charge in [0.2, 0.25) is 23.6 Å². The number of hydrogen-bond donors (Lipinski definition) is 3. The Morgan fingerprint density at radius 1 is 1.09 bits per heavy atom. The molecule has 0 spiro atoms. The zero-order valence-corrected chi connectivity index (χ0v) is 28.2. The van der Waals surface area contributed by atoms with Gasteiger partial charge in [-0.05, 0) is 50.0 Å². The summed E-state index contributed by atoms with van der Waals surface area (Å²) in [5.41, 5.74) is 0. The minimum absolute atomic E-state index is 0.0352. The number of carbonyl (C=O) groups is 4. The standard InChI is InChI=1S/C33H53N7O6/c1-7-20(2)30(39(4)28(42)19-37-33(44)29-22-11-12-23(16-22)38-29)25(45-5)17-27(41)40-15-8-10-24(40)31(46-6)21(3)32(43)36-18-26-34-13-9-14-35-26/h9,13-14,20-25,29-31,38H,7-8,10-12,15-19H2,1-6H3,(H,36,43)(H,37,44). The summed E-state index contributed by atoms with van der Waals surface area (Å²) in [5.74, 6) is -0.297. The van der Waals surface area contributed by atoms with Crippen LogP contribution in [0.1, 0.15) is 71.5 Å². The van der Waals surface area contributed by atoms with Gasteiger partial charge in [-0.25, -0.2) is 9.97 Å². The van der Waals surface area contributed by atoms with Gasteiger partial charge in [-0.1, -0.05) is 27.2 Å². The normalized spacial score (nSPS) is 25.4. The van der Waals surface area contributed by atoms with E-state index in [1.54, 1.807) is 51.6 Å². The average Bonchev–Trinajstić information content (AvgIpc) is 3.84. The zero-order chi connectivity index (χ0) is 33.4. The highest BCUT2D eigenvalue weighted by Gasteiger charge is 2.44. The molecular weight excluding hydrogens is 590 g/mol. The Balaban J connectivity index is 1.37. The lowest BCUT2D eigenvalue weighted by molar-refractivity contribution is -0.145. The molecule has 256 valence electrons. The van der Waals surface area contributed by atoms with Crippen molar-refractivity contribution in [1.82, 2.24) is 35.7 Å². The van der Waals surface area contributed by atoms with Gasteiger partial charge in [0.15, 0.2) is 0 Å². The Kier molecular flexibility index (Phi) is 12.9. The molecule has 4 rings (SSSR count). The summed E-state index contributed by atoms with van der Waals surface area (Å²) in [5, 5.41) is 9.10. The molecule has 4 amide bonds. The number of methoxy groups -OCH3 is 2. The second kappa shape index (κ2) is 16.6. The smallest absolute Gasteiger partial charge is 0.242 e. The average molecular weight is 644 g/mol. The molecule has 3 heterocycles. The van der Waals surface area contributed by atoms with Crippen LogP contribution in [0.2, 0.25) is 0 Å². The van der Waals surface area contributed by atoms with E-state index in [1.807, 2.05) is 18.7 Å². The second-order valence-corrected chi connectivity index (χ2v) is 13.2. The number of hydrogen-bond acceptors (Lipinski definition) is 9. The van der Waals surface area contributed by atoms with E-state index in [0.717, 1.165) is 32.1 Å². The van der Waals surface area contributed by atoms with E-state index in [0.29, 0.717) is 30.7 Å². The summed E-state index contributed by atoms with van der Waals surface area (Å²) in [6.07, 6.45) is 7.70. The van der Waals surface area contributed by atoms with Gasteiger partial charge < -0.3 is 35.2 Å². The number of fused-ring (bicyclic) bond motifs is 2. The number of nitrogens with one attached hydrogen (secondary N) is 3. The van der Waals surface area contributed by atoms with Crippen molar-refractivity contribution in [2.75, 3.05) is 34.4 Å². The molecule has 1 aliphatic carbocycles. The molecule has 0 radical (unpaired) electrons. The quantitative estimate of drug-likeness (QED) is 0.242. The number of likely N-dealkylation sites (tertiary alicyclic amines) is 1. The Morgan fingerprint density at radius 3 is 2.43 bits per heavy atom. The summed E-state index contributed by atoms with van der Waals surface area (Å²) in [6, 6.07) is 1.22. The Hall–Kier alpha value is -3.16. The van der Waals surface area contributed by atoms with Crippen molar-refractivity contribution in [2.24, 2.45) is 17.8 Å². The number of carbonyl (C=O) groups excluding carboxylic acids is 4. The first-order chi connectivity index (χ1) is 22.1. The van der Waals surface area contributed by atoms with E-state index in [1.165, 1.54) is 0 Å². The highest BCUT2D eigenvalue weighted by atomic mass is 16.5. The largest absolute Gasteiger partial charge is 0.379 e. The number of aromatic nitrogens is 2. The van der Waals surface area contributed by atoms with Crippen molar-refractivity contribution in [3.05, 3.63) is 24.3 Å². The highest BCUT2D eigenvalue weighted by Crippen LogP contribution is 2.35. The Morgan fingerprint density at radius 2 is 1.83 bits per heavy atom. The molecule has 1 aromatic rings. The number of nitrogens with zero attached hydrogens (tertiary/aromatic N) is 4. The first-order valence-electron chi connectivity index (χ1n) is 16.8. The van der Waals surface area contributed by atoms with Gasteiger partial charge in [-0.15, -0.1) is 0 Å². The van der Waals surface area contributed by atoms with Crippen LogP contribution in [0.4, 0.5) is 0 Å². The molecule has 0 aromatic carbocycles. The van der Waals surface area contributed by atoms with Gasteiger partial charge in [0.25, 0.3) is 0 Å². The minimum Gasteiger partial charge on any atom is -0.379 e. The fraction of sp³-hybridized carbons (Fsp3) is 0.758. The third kappa shape index (κ3) is 8.40. The first kappa shape index (κ1) is 35.7. The van der Waals surface area contributed by atoms with Crippen LogP contribution in [-0.4, -0.2) is 114 Å². The molecule has 2 bridgehead atoms. The van der Waals surface area contributed by atoms with Crippen molar-refractivity contribution in [3.63, 3.8) is 0 Å². The van der Waals surface area contributed by atoms with Gasteiger partial charge >= 0.3 is 0 Å². The predicted molar refractivity (Wildman–Crippen MR) is 171 cm³/mol. The lowest BCUT2D eigenvalue weighted by atomic mass is 9.90. The molecule has 13 nitrogen and oxygen atoms in total. The second-order valence-electron chi connectivity index (χ2n) is 13.2. The molecule has 1 aromatic heterocycles. The number of ether oxygens (including phenoxy) is 2. The van der Waals surface area contributed by atoms with Crippen LogP contribution < -0.4 is 16.0 Å². The van der Waals surface area contributed by atoms with E-state index in [4.69, 9.17) is 9.47 Å². The van der Waals surface area contributed by atoms with Gasteiger partial charge in [0, 0.05) is 46.2 Å². The number of rotatable bonds is 16. The molecule has 3 N–H and O–H groups in total. The molecule has 46 heavy (non-hydrogen) atoms. The van der Waals surface area contributed by atoms with Gasteiger partial charge in [-0.3, -0.25) is 19.2 Å². The van der Waals surface area contributed by atoms with Crippen molar-refractivity contribution in [1.29, 1.82) is 0 Å². The molecule has 9 atom stereocenters. The lowest BCUT2D eigenvalue weighted by Gasteiger charge is -2.39. The third-order valence-corrected chi connectivity index (χ3v) is 10.4. The lowest BCUT2D eigenvalue weighted by Crippen LogP contribution is -2.55. The van der Waals surface area contributed by atoms with E-state index < -0.39 is 18.1 Å². The van der Waals surface area contributed by atoms with E-state index >= 15 is 0 Å². The van der Waals surface area contributed by atoms with Crippen LogP contribution >= 0.6 is 0 Å². The predicted octanol–water partition coefficient (Wildman–Crippen LogP) is 1.27. The van der Waals surface area contributed by atoms with Gasteiger partial charge in [-0.2, -0.15) is 0 Å². The monoisotopic (exact) mass is 643 g/mol. The fourth-order valence-corrected chi connectivity index (χ4v) is 7.62. The molecule has 3 aliphatic rings. The van der Waals surface area contributed by atoms with Crippen molar-refractivity contribution in [2.45, 2.75) is 109 Å². The Bertz CT molecular complexity index is 1190. The maximum Gasteiger partial charge on any atom is 0.242 e. The van der Waals surface area contributed by atoms with E-state index in [9.17, 15) is 19.2 Å². The number of likely N-dealkylation sites (N-methyl/N-ethyl adjacent to an activating group) is 1. The van der Waals surface area contributed by atoms with Crippen LogP contribution in [0.3, 0.4) is 0 Å². The minimum atomic E-state index is -0.562. The number of piperidine rings is 1. The maximum absolute atomic E-state index is 13.9. The maximum atomic E-state index is 13.9. The Labute approximate surface area is 272 Å². The fourth-order valence-electron chi connectivity index (χ4n) is 7.62. The molecule has 2 aliphatic heterocycles. The third-order valence-electron chi connectivity index (χ3n) is 10.4. The molecule has 9 unspecified atom stereocenters. The summed E-state index contributed by atoms with van der Waals surface area (Å²) in [6.45, 7) is 6.54. The van der Waals surface area contributed by atoms with Crippen molar-refractivity contribution in [3.8, 4) is 0 Å². The SMILES string of the molecule is CCC(C)C(C(CC(=O)N1CCCC1C(OC)C(C)C(=O)NCc1ncccn1)OC)N(C)C(=O)CNC(=O)C1NC2CCC1C2. The van der Waals surface area contributed by atoms with E-state index in [2.05, 4.69) is 25.9 Å². The van der Waals surface area contributed by atoms with E-state index in [-0.39, 0.29) is 67.2 Å². The van der Waals surface area contributed by atoms with Crippen LogP contribution in [-0.2, 0) is 35.2 Å². The summed E-state index contributed by atoms with van der Waals surface area (Å²) >= 11 is 0. The molecule has 1 saturated carbocycles. The van der Waals surface area contributed by atoms with Crippen molar-refractivity contribution >= 4 is 23.6 Å². The summed E-state index contributed by atoms with van der Waals surface area (Å²) in [4.78, 5) is 64.9. The molecule has 13 heteroatoms. The molecule has 3 fully saturated rings. The summed E-state index contributed by atoms with van der Waals surface area (Å²) in [7, 11) is 4.85. The highest BCUT2D eigenvalue weighted by molar-refractivity contribution is 5.88. The van der Waals surface area contributed by atoms with Crippen LogP contribution in [0.5, 0.6) is 0 Å².